The number of carbonyl (C=O) groups is 1. The summed E-state index contributed by atoms with van der Waals surface area (Å²) >= 11 is 0. The summed E-state index contributed by atoms with van der Waals surface area (Å²) in [5, 5.41) is -1.60. The highest BCUT2D eigenvalue weighted by Crippen LogP contribution is 2.55. The summed E-state index contributed by atoms with van der Waals surface area (Å²) in [6.07, 6.45) is 0.310. The standard InChI is InChI=1S/C25H35O7P/c1-8-25(9-2,33(27,28)29)32-20-12-17(5)23(18(6)13-20)24(26)19-10-11-22(31-15-30-7)21(14-19)16(3)4/h10-14,16H,8-9,15H2,1-7H3,(H2,27,28,29). The van der Waals surface area contributed by atoms with Crippen molar-refractivity contribution in [2.24, 2.45) is 0 Å². The van der Waals surface area contributed by atoms with Crippen molar-refractivity contribution >= 4 is 13.4 Å². The number of hydrogen-bond acceptors (Lipinski definition) is 5. The quantitative estimate of drug-likeness (QED) is 0.242. The lowest BCUT2D eigenvalue weighted by molar-refractivity contribution is 0.0502. The van der Waals surface area contributed by atoms with Gasteiger partial charge in [0, 0.05) is 18.2 Å². The molecule has 0 aliphatic heterocycles. The molecule has 0 saturated carbocycles. The molecule has 2 aromatic carbocycles. The van der Waals surface area contributed by atoms with Crippen LogP contribution in [0.1, 0.15) is 79.1 Å². The monoisotopic (exact) mass is 478 g/mol. The van der Waals surface area contributed by atoms with Gasteiger partial charge in [0.2, 0.25) is 5.34 Å². The zero-order valence-electron chi connectivity index (χ0n) is 20.5. The maximum atomic E-state index is 13.4. The summed E-state index contributed by atoms with van der Waals surface area (Å²) < 4.78 is 28.6. The van der Waals surface area contributed by atoms with Crippen molar-refractivity contribution in [3.8, 4) is 11.5 Å². The number of carbonyl (C=O) groups excluding carboxylic acids is 1. The van der Waals surface area contributed by atoms with Crippen LogP contribution in [-0.2, 0) is 9.30 Å². The lowest BCUT2D eigenvalue weighted by atomic mass is 9.91. The van der Waals surface area contributed by atoms with E-state index in [0.29, 0.717) is 33.8 Å². The van der Waals surface area contributed by atoms with Crippen LogP contribution < -0.4 is 9.47 Å². The third-order valence-corrected chi connectivity index (χ3v) is 7.69. The molecule has 0 radical (unpaired) electrons. The summed E-state index contributed by atoms with van der Waals surface area (Å²) in [5.74, 6) is 1.02. The molecule has 0 saturated heterocycles. The highest BCUT2D eigenvalue weighted by atomic mass is 31.2. The second-order valence-corrected chi connectivity index (χ2v) is 10.4. The Labute approximate surface area is 196 Å². The van der Waals surface area contributed by atoms with E-state index in [0.717, 1.165) is 5.56 Å². The number of ether oxygens (including phenoxy) is 3. The van der Waals surface area contributed by atoms with Crippen molar-refractivity contribution in [1.82, 2.24) is 0 Å². The molecular weight excluding hydrogens is 443 g/mol. The van der Waals surface area contributed by atoms with E-state index in [-0.39, 0.29) is 31.3 Å². The largest absolute Gasteiger partial charge is 0.475 e. The summed E-state index contributed by atoms with van der Waals surface area (Å²) in [6, 6.07) is 8.68. The van der Waals surface area contributed by atoms with E-state index in [9.17, 15) is 19.1 Å². The van der Waals surface area contributed by atoms with Gasteiger partial charge < -0.3 is 24.0 Å². The van der Waals surface area contributed by atoms with Crippen LogP contribution in [0.25, 0.3) is 0 Å². The Balaban J connectivity index is 2.45. The van der Waals surface area contributed by atoms with Crippen LogP contribution in [0.5, 0.6) is 11.5 Å². The van der Waals surface area contributed by atoms with Crippen LogP contribution in [0.2, 0.25) is 0 Å². The van der Waals surface area contributed by atoms with Gasteiger partial charge in [-0.15, -0.1) is 0 Å². The predicted molar refractivity (Wildman–Crippen MR) is 128 cm³/mol. The average Bonchev–Trinajstić information content (AvgIpc) is 2.74. The Kier molecular flexibility index (Phi) is 8.88. The molecule has 2 aromatic rings. The van der Waals surface area contributed by atoms with Crippen LogP contribution in [0, 0.1) is 13.8 Å². The van der Waals surface area contributed by atoms with Gasteiger partial charge >= 0.3 is 7.60 Å². The minimum atomic E-state index is -4.52. The van der Waals surface area contributed by atoms with Gasteiger partial charge in [0.05, 0.1) is 0 Å². The smallest absolute Gasteiger partial charge is 0.368 e. The topological polar surface area (TPSA) is 102 Å². The highest BCUT2D eigenvalue weighted by Gasteiger charge is 2.46. The number of rotatable bonds is 11. The first-order chi connectivity index (χ1) is 15.4. The van der Waals surface area contributed by atoms with Gasteiger partial charge in [-0.3, -0.25) is 9.36 Å². The van der Waals surface area contributed by atoms with Crippen LogP contribution in [0.4, 0.5) is 0 Å². The normalized spacial score (nSPS) is 12.2. The van der Waals surface area contributed by atoms with Crippen molar-refractivity contribution in [3.63, 3.8) is 0 Å². The zero-order valence-corrected chi connectivity index (χ0v) is 21.4. The third-order valence-electron chi connectivity index (χ3n) is 5.90. The third kappa shape index (κ3) is 5.85. The lowest BCUT2D eigenvalue weighted by Gasteiger charge is -2.33. The van der Waals surface area contributed by atoms with Crippen molar-refractivity contribution in [3.05, 3.63) is 58.1 Å². The Morgan fingerprint density at radius 2 is 1.64 bits per heavy atom. The predicted octanol–water partition coefficient (Wildman–Crippen LogP) is 5.71. The van der Waals surface area contributed by atoms with Gasteiger partial charge in [0.1, 0.15) is 11.5 Å². The molecule has 0 bridgehead atoms. The fourth-order valence-electron chi connectivity index (χ4n) is 3.97. The molecule has 8 heteroatoms. The molecule has 0 spiro atoms. The SMILES string of the molecule is CCC(CC)(Oc1cc(C)c(C(=O)c2ccc(OCOC)c(C(C)C)c2)c(C)c1)P(=O)(O)O. The number of hydrogen-bond donors (Lipinski definition) is 2. The molecule has 7 nitrogen and oxygen atoms in total. The fourth-order valence-corrected chi connectivity index (χ4v) is 5.01. The van der Waals surface area contributed by atoms with Gasteiger partial charge in [0.25, 0.3) is 0 Å². The fraction of sp³-hybridized carbons (Fsp3) is 0.480. The van der Waals surface area contributed by atoms with E-state index in [4.69, 9.17) is 14.2 Å². The number of ketones is 1. The van der Waals surface area contributed by atoms with Crippen molar-refractivity contribution in [1.29, 1.82) is 0 Å². The first-order valence-electron chi connectivity index (χ1n) is 11.1. The Morgan fingerprint density at radius 3 is 2.09 bits per heavy atom. The molecule has 0 amide bonds. The Hall–Kier alpha value is -2.18. The van der Waals surface area contributed by atoms with E-state index in [2.05, 4.69) is 0 Å². The molecule has 33 heavy (non-hydrogen) atoms. The highest BCUT2D eigenvalue weighted by molar-refractivity contribution is 7.53. The van der Waals surface area contributed by atoms with Gasteiger partial charge in [-0.2, -0.15) is 0 Å². The number of benzene rings is 2. The maximum Gasteiger partial charge on any atom is 0.368 e. The van der Waals surface area contributed by atoms with E-state index in [1.165, 1.54) is 0 Å². The molecule has 182 valence electrons. The summed E-state index contributed by atoms with van der Waals surface area (Å²) in [7, 11) is -2.97. The molecule has 0 fully saturated rings. The second kappa shape index (κ2) is 10.8. The van der Waals surface area contributed by atoms with E-state index in [1.54, 1.807) is 59.1 Å². The molecule has 0 heterocycles. The van der Waals surface area contributed by atoms with Crippen LogP contribution in [0.15, 0.2) is 30.3 Å². The van der Waals surface area contributed by atoms with Gasteiger partial charge in [-0.25, -0.2) is 0 Å². The Morgan fingerprint density at radius 1 is 1.06 bits per heavy atom. The molecule has 0 aliphatic rings. The lowest BCUT2D eigenvalue weighted by Crippen LogP contribution is -2.34. The number of aryl methyl sites for hydroxylation is 2. The zero-order chi connectivity index (χ0) is 25.0. The molecule has 0 aromatic heterocycles. The van der Waals surface area contributed by atoms with Crippen molar-refractivity contribution in [2.75, 3.05) is 13.9 Å². The molecule has 0 aliphatic carbocycles. The molecule has 0 atom stereocenters. The first-order valence-corrected chi connectivity index (χ1v) is 12.7. The minimum Gasteiger partial charge on any atom is -0.475 e. The van der Waals surface area contributed by atoms with Gasteiger partial charge in [-0.05, 0) is 79.6 Å². The average molecular weight is 479 g/mol. The van der Waals surface area contributed by atoms with Gasteiger partial charge in [-0.1, -0.05) is 27.7 Å². The summed E-state index contributed by atoms with van der Waals surface area (Å²) in [6.45, 7) is 11.1. The summed E-state index contributed by atoms with van der Waals surface area (Å²) in [5.41, 5.74) is 3.33. The van der Waals surface area contributed by atoms with E-state index >= 15 is 0 Å². The molecular formula is C25H35O7P. The van der Waals surface area contributed by atoms with Crippen molar-refractivity contribution in [2.45, 2.75) is 65.6 Å². The van der Waals surface area contributed by atoms with Crippen LogP contribution >= 0.6 is 7.60 Å². The number of methoxy groups -OCH3 is 1. The van der Waals surface area contributed by atoms with Crippen LogP contribution in [0.3, 0.4) is 0 Å². The van der Waals surface area contributed by atoms with E-state index in [1.807, 2.05) is 19.9 Å². The minimum absolute atomic E-state index is 0.123. The van der Waals surface area contributed by atoms with Gasteiger partial charge in [0.15, 0.2) is 12.6 Å². The summed E-state index contributed by atoms with van der Waals surface area (Å²) in [4.78, 5) is 33.2. The molecule has 0 unspecified atom stereocenters. The van der Waals surface area contributed by atoms with E-state index < -0.39 is 12.9 Å². The molecule has 2 N–H and O–H groups in total. The Bertz CT molecular complexity index is 1010. The first kappa shape index (κ1) is 27.1. The van der Waals surface area contributed by atoms with Crippen molar-refractivity contribution < 1.29 is 33.4 Å². The second-order valence-electron chi connectivity index (χ2n) is 8.52. The maximum absolute atomic E-state index is 13.4. The van der Waals surface area contributed by atoms with Crippen LogP contribution in [-0.4, -0.2) is 34.8 Å². The molecule has 2 rings (SSSR count).